The lowest BCUT2D eigenvalue weighted by molar-refractivity contribution is -0.659. The van der Waals surface area contributed by atoms with E-state index in [4.69, 9.17) is 15.1 Å². The maximum atomic E-state index is 8.64. The Morgan fingerprint density at radius 1 is 0.696 bits per heavy atom. The maximum absolute atomic E-state index is 8.64. The van der Waals surface area contributed by atoms with Gasteiger partial charge < -0.3 is 4.42 Å². The molecule has 0 amide bonds. The first-order valence-electron chi connectivity index (χ1n) is 17.0. The van der Waals surface area contributed by atoms with Crippen LogP contribution in [0.15, 0.2) is 120 Å². The van der Waals surface area contributed by atoms with Crippen molar-refractivity contribution in [2.75, 3.05) is 0 Å². The Hall–Kier alpha value is -5.24. The molecule has 0 spiro atoms. The highest BCUT2D eigenvalue weighted by molar-refractivity contribution is 6.89. The molecular weight excluding hydrogens is 577 g/mol. The van der Waals surface area contributed by atoms with Crippen LogP contribution in [0.4, 0.5) is 5.69 Å². The van der Waals surface area contributed by atoms with Gasteiger partial charge in [0.15, 0.2) is 11.9 Å². The molecule has 0 aliphatic rings. The van der Waals surface area contributed by atoms with E-state index in [1.54, 1.807) is 0 Å². The Bertz CT molecular complexity index is 2430. The van der Waals surface area contributed by atoms with Crippen LogP contribution < -0.4 is 9.75 Å². The van der Waals surface area contributed by atoms with Gasteiger partial charge in [-0.3, -0.25) is 0 Å². The van der Waals surface area contributed by atoms with Crippen LogP contribution in [0, 0.1) is 20.3 Å². The van der Waals surface area contributed by atoms with E-state index in [1.807, 2.05) is 91.0 Å². The first-order chi connectivity index (χ1) is 23.4. The van der Waals surface area contributed by atoms with E-state index in [9.17, 15) is 0 Å². The van der Waals surface area contributed by atoms with Gasteiger partial charge in [-0.2, -0.15) is 0 Å². The van der Waals surface area contributed by atoms with Gasteiger partial charge in [-0.05, 0) is 52.7 Å². The second-order valence-electron chi connectivity index (χ2n) is 13.0. The zero-order valence-corrected chi connectivity index (χ0v) is 27.8. The molecule has 0 radical (unpaired) electrons. The van der Waals surface area contributed by atoms with Crippen LogP contribution >= 0.6 is 0 Å². The number of fused-ring (bicyclic) bond motifs is 3. The van der Waals surface area contributed by atoms with Crippen LogP contribution in [0.25, 0.3) is 71.4 Å². The van der Waals surface area contributed by atoms with E-state index >= 15 is 0 Å². The summed E-state index contributed by atoms with van der Waals surface area (Å²) in [4.78, 5) is 3.85. The minimum absolute atomic E-state index is 0.339. The molecule has 0 aliphatic heterocycles. The SMILES string of the molecule is [2H]C([2H])([2H])c1cc(-c2ccccc2)ccc1-c1cc(-c2c(C)ccc3c2oc2c(-c4ccccc4)c([N+]#[C-])ccc23)[n+](C)cc1[Si](C)(C)C. The molecule has 46 heavy (non-hydrogen) atoms. The van der Waals surface area contributed by atoms with Crippen LogP contribution in [0.3, 0.4) is 0 Å². The van der Waals surface area contributed by atoms with Crippen LogP contribution in [0.5, 0.6) is 0 Å². The van der Waals surface area contributed by atoms with Crippen molar-refractivity contribution in [3.63, 3.8) is 0 Å². The molecule has 3 nitrogen and oxygen atoms in total. The summed E-state index contributed by atoms with van der Waals surface area (Å²) in [5.74, 6) is 0. The largest absolute Gasteiger partial charge is 0.456 e. The zero-order chi connectivity index (χ0) is 34.7. The molecule has 0 aliphatic carbocycles. The van der Waals surface area contributed by atoms with E-state index < -0.39 is 14.9 Å². The number of hydrogen-bond acceptors (Lipinski definition) is 1. The fourth-order valence-corrected chi connectivity index (χ4v) is 8.19. The average Bonchev–Trinajstić information content (AvgIpc) is 3.46. The first-order valence-corrected chi connectivity index (χ1v) is 19.0. The van der Waals surface area contributed by atoms with Gasteiger partial charge in [0.1, 0.15) is 18.2 Å². The summed E-state index contributed by atoms with van der Waals surface area (Å²) in [5.41, 5.74) is 10.4. The summed E-state index contributed by atoms with van der Waals surface area (Å²) < 4.78 is 34.9. The molecule has 5 aromatic carbocycles. The molecule has 0 unspecified atom stereocenters. The fraction of sp³-hybridized carbons (Fsp3) is 0.143. The predicted molar refractivity (Wildman–Crippen MR) is 195 cm³/mol. The molecule has 2 aromatic heterocycles. The first kappa shape index (κ1) is 26.0. The third-order valence-corrected chi connectivity index (χ3v) is 10.9. The summed E-state index contributed by atoms with van der Waals surface area (Å²) >= 11 is 0. The second kappa shape index (κ2) is 11.3. The highest BCUT2D eigenvalue weighted by Crippen LogP contribution is 2.44. The molecule has 0 bridgehead atoms. The van der Waals surface area contributed by atoms with E-state index in [-0.39, 0.29) is 0 Å². The Labute approximate surface area is 276 Å². The number of aromatic nitrogens is 1. The molecular formula is C42H37N2OSi+. The predicted octanol–water partition coefficient (Wildman–Crippen LogP) is 10.8. The minimum atomic E-state index is -2.32. The Morgan fingerprint density at radius 2 is 1.35 bits per heavy atom. The zero-order valence-electron chi connectivity index (χ0n) is 29.8. The smallest absolute Gasteiger partial charge is 0.216 e. The molecule has 0 fully saturated rings. The summed E-state index contributed by atoms with van der Waals surface area (Å²) in [6, 6.07) is 35.9. The van der Waals surface area contributed by atoms with E-state index in [2.05, 4.69) is 67.4 Å². The van der Waals surface area contributed by atoms with Gasteiger partial charge in [0.05, 0.1) is 20.2 Å². The summed E-state index contributed by atoms with van der Waals surface area (Å²) in [7, 11) is 0.0741. The number of furan rings is 1. The number of hydrogen-bond donors (Lipinski definition) is 0. The van der Waals surface area contributed by atoms with Crippen molar-refractivity contribution in [2.24, 2.45) is 7.05 Å². The van der Waals surface area contributed by atoms with Crippen molar-refractivity contribution < 1.29 is 13.1 Å². The molecule has 7 aromatic rings. The van der Waals surface area contributed by atoms with Crippen molar-refractivity contribution in [3.8, 4) is 44.6 Å². The summed E-state index contributed by atoms with van der Waals surface area (Å²) in [6.07, 6.45) is 2.19. The maximum Gasteiger partial charge on any atom is 0.216 e. The van der Waals surface area contributed by atoms with Gasteiger partial charge >= 0.3 is 0 Å². The van der Waals surface area contributed by atoms with Crippen LogP contribution in [0.1, 0.15) is 15.2 Å². The lowest BCUT2D eigenvalue weighted by Crippen LogP contribution is -2.46. The quantitative estimate of drug-likeness (QED) is 0.107. The molecule has 0 saturated carbocycles. The van der Waals surface area contributed by atoms with Crippen molar-refractivity contribution in [1.82, 2.24) is 0 Å². The van der Waals surface area contributed by atoms with Gasteiger partial charge in [0.2, 0.25) is 5.69 Å². The highest BCUT2D eigenvalue weighted by Gasteiger charge is 2.30. The molecule has 2 heterocycles. The fourth-order valence-electron chi connectivity index (χ4n) is 6.59. The van der Waals surface area contributed by atoms with Crippen molar-refractivity contribution in [2.45, 2.75) is 33.4 Å². The molecule has 224 valence electrons. The number of aryl methyl sites for hydroxylation is 3. The number of benzene rings is 5. The number of nitrogens with zero attached hydrogens (tertiary/aromatic N) is 2. The van der Waals surface area contributed by atoms with Crippen molar-refractivity contribution >= 4 is 40.9 Å². The average molecular weight is 617 g/mol. The van der Waals surface area contributed by atoms with Crippen LogP contribution in [-0.2, 0) is 7.05 Å². The molecule has 0 saturated heterocycles. The van der Waals surface area contributed by atoms with Gasteiger partial charge in [0.25, 0.3) is 0 Å². The van der Waals surface area contributed by atoms with E-state index in [1.165, 1.54) is 5.19 Å². The molecule has 0 atom stereocenters. The number of pyridine rings is 1. The van der Waals surface area contributed by atoms with Gasteiger partial charge in [-0.15, -0.1) is 0 Å². The van der Waals surface area contributed by atoms with Gasteiger partial charge in [0, 0.05) is 31.7 Å². The van der Waals surface area contributed by atoms with E-state index in [0.29, 0.717) is 16.8 Å². The van der Waals surface area contributed by atoms with Crippen LogP contribution in [-0.4, -0.2) is 8.07 Å². The Morgan fingerprint density at radius 3 is 2.00 bits per heavy atom. The third kappa shape index (κ3) is 4.94. The lowest BCUT2D eigenvalue weighted by atomic mass is 9.94. The Kier molecular flexibility index (Phi) is 6.38. The highest BCUT2D eigenvalue weighted by atomic mass is 28.3. The lowest BCUT2D eigenvalue weighted by Gasteiger charge is -2.22. The van der Waals surface area contributed by atoms with Gasteiger partial charge in [-0.1, -0.05) is 123 Å². The van der Waals surface area contributed by atoms with Crippen molar-refractivity contribution in [1.29, 1.82) is 0 Å². The normalized spacial score (nSPS) is 12.9. The number of rotatable bonds is 5. The van der Waals surface area contributed by atoms with Gasteiger partial charge in [-0.25, -0.2) is 9.41 Å². The third-order valence-electron chi connectivity index (χ3n) is 8.93. The topological polar surface area (TPSA) is 21.4 Å². The Balaban J connectivity index is 1.53. The molecule has 7 rings (SSSR count). The standard InChI is InChI=1S/C42H37N2OSi/c1-27-18-20-33-34-22-23-36(43-3)40(30-16-12-9-13-17-30)42(34)45-41(33)39(27)37-25-35(38(26-44(37)4)46(5,6)7)32-21-19-31(24-28(32)2)29-14-10-8-11-15-29/h8-26H,1-2,4-7H3/q+1/i2D3. The monoisotopic (exact) mass is 616 g/mol. The van der Waals surface area contributed by atoms with Crippen LogP contribution in [0.2, 0.25) is 19.6 Å². The summed E-state index contributed by atoms with van der Waals surface area (Å²) in [6.45, 7) is 14.6. The second-order valence-corrected chi connectivity index (χ2v) is 18.1. The van der Waals surface area contributed by atoms with Crippen molar-refractivity contribution in [3.05, 3.63) is 138 Å². The van der Waals surface area contributed by atoms with E-state index in [0.717, 1.165) is 66.6 Å². The molecule has 0 N–H and O–H groups in total. The summed E-state index contributed by atoms with van der Waals surface area (Å²) in [5, 5.41) is 3.10. The molecule has 4 heteroatoms. The minimum Gasteiger partial charge on any atom is -0.456 e.